The lowest BCUT2D eigenvalue weighted by molar-refractivity contribution is -0.145. The van der Waals surface area contributed by atoms with Crippen LogP contribution in [0.15, 0.2) is 12.1 Å². The summed E-state index contributed by atoms with van der Waals surface area (Å²) in [6, 6.07) is 3.02. The van der Waals surface area contributed by atoms with Crippen LogP contribution in [0.5, 0.6) is 0 Å². The quantitative estimate of drug-likeness (QED) is 0.687. The first-order valence-electron chi connectivity index (χ1n) is 11.1. The minimum Gasteiger partial charge on any atom is -0.480 e. The molecule has 1 atom stereocenters. The average Bonchev–Trinajstić information content (AvgIpc) is 2.64. The van der Waals surface area contributed by atoms with E-state index in [0.29, 0.717) is 19.0 Å². The number of carbonyl (C=O) groups is 3. The van der Waals surface area contributed by atoms with Gasteiger partial charge in [0.1, 0.15) is 11.6 Å². The molecule has 2 amide bonds. The van der Waals surface area contributed by atoms with Crippen molar-refractivity contribution in [2.45, 2.75) is 77.4 Å². The van der Waals surface area contributed by atoms with E-state index in [1.807, 2.05) is 0 Å². The van der Waals surface area contributed by atoms with Crippen molar-refractivity contribution in [1.82, 2.24) is 15.2 Å². The third kappa shape index (κ3) is 6.67. The van der Waals surface area contributed by atoms with Crippen molar-refractivity contribution in [1.29, 1.82) is 0 Å². The summed E-state index contributed by atoms with van der Waals surface area (Å²) in [4.78, 5) is 42.2. The molecule has 0 bridgehead atoms. The zero-order valence-corrected chi connectivity index (χ0v) is 18.6. The summed E-state index contributed by atoms with van der Waals surface area (Å²) < 4.78 is 5.08. The normalized spacial score (nSPS) is 17.3. The Morgan fingerprint density at radius 1 is 1.23 bits per heavy atom. The van der Waals surface area contributed by atoms with Crippen molar-refractivity contribution < 1.29 is 24.2 Å². The number of aryl methyl sites for hydroxylation is 3. The van der Waals surface area contributed by atoms with Crippen LogP contribution in [0.1, 0.15) is 63.4 Å². The number of carboxylic acid groups (broad SMARTS) is 1. The second-order valence-electron chi connectivity index (χ2n) is 9.56. The zero-order valence-electron chi connectivity index (χ0n) is 18.6. The molecule has 1 saturated heterocycles. The lowest BCUT2D eigenvalue weighted by atomic mass is 9.92. The summed E-state index contributed by atoms with van der Waals surface area (Å²) >= 11 is 0. The fourth-order valence-corrected chi connectivity index (χ4v) is 4.03. The number of amides is 2. The number of rotatable bonds is 7. The molecule has 0 unspecified atom stereocenters. The summed E-state index contributed by atoms with van der Waals surface area (Å²) in [7, 11) is 0. The largest absolute Gasteiger partial charge is 0.480 e. The molecule has 0 radical (unpaired) electrons. The van der Waals surface area contributed by atoms with Crippen LogP contribution in [0.4, 0.5) is 4.79 Å². The lowest BCUT2D eigenvalue weighted by Gasteiger charge is -2.40. The SMILES string of the molecule is CC(C)(C)OC(=O)N[C@@H](CC(=O)N1CC(CCc2ccc3c(n2)CCCC3)C1)C(=O)O. The third-order valence-corrected chi connectivity index (χ3v) is 5.72. The van der Waals surface area contributed by atoms with Crippen LogP contribution in [0, 0.1) is 5.92 Å². The summed E-state index contributed by atoms with van der Waals surface area (Å²) in [6.07, 6.45) is 5.37. The average molecular weight is 432 g/mol. The molecule has 31 heavy (non-hydrogen) atoms. The highest BCUT2D eigenvalue weighted by molar-refractivity contribution is 5.87. The van der Waals surface area contributed by atoms with Gasteiger partial charge in [-0.1, -0.05) is 6.07 Å². The lowest BCUT2D eigenvalue weighted by Crippen LogP contribution is -2.53. The minimum atomic E-state index is -1.30. The molecule has 1 aromatic rings. The van der Waals surface area contributed by atoms with Gasteiger partial charge in [-0.25, -0.2) is 9.59 Å². The number of hydrogen-bond donors (Lipinski definition) is 2. The van der Waals surface area contributed by atoms with Gasteiger partial charge in [-0.05, 0) is 76.8 Å². The molecule has 8 nitrogen and oxygen atoms in total. The first kappa shape index (κ1) is 23.0. The smallest absolute Gasteiger partial charge is 0.408 e. The molecular weight excluding hydrogens is 398 g/mol. The number of alkyl carbamates (subject to hydrolysis) is 1. The molecule has 1 aliphatic carbocycles. The zero-order chi connectivity index (χ0) is 22.6. The molecule has 2 N–H and O–H groups in total. The Morgan fingerprint density at radius 3 is 2.61 bits per heavy atom. The number of likely N-dealkylation sites (tertiary alicyclic amines) is 1. The first-order valence-corrected chi connectivity index (χ1v) is 11.1. The number of ether oxygens (including phenoxy) is 1. The molecule has 0 saturated carbocycles. The number of carboxylic acids is 1. The maximum absolute atomic E-state index is 12.4. The van der Waals surface area contributed by atoms with Crippen LogP contribution in [-0.4, -0.2) is 57.7 Å². The van der Waals surface area contributed by atoms with Gasteiger partial charge in [-0.3, -0.25) is 9.78 Å². The molecule has 0 aromatic carbocycles. The molecule has 0 spiro atoms. The van der Waals surface area contributed by atoms with Gasteiger partial charge in [0.2, 0.25) is 5.91 Å². The van der Waals surface area contributed by atoms with Crippen molar-refractivity contribution in [2.24, 2.45) is 5.92 Å². The Hall–Kier alpha value is -2.64. The molecular formula is C23H33N3O5. The maximum atomic E-state index is 12.4. The highest BCUT2D eigenvalue weighted by Crippen LogP contribution is 2.24. The highest BCUT2D eigenvalue weighted by Gasteiger charge is 2.34. The van der Waals surface area contributed by atoms with E-state index in [1.165, 1.54) is 24.1 Å². The standard InChI is InChI=1S/C23H33N3O5/c1-23(2,3)31-22(30)25-19(21(28)29)12-20(27)26-13-15(14-26)8-10-17-11-9-16-6-4-5-7-18(16)24-17/h9,11,15,19H,4-8,10,12-14H2,1-3H3,(H,25,30)(H,28,29)/t19-/m0/s1. The topological polar surface area (TPSA) is 109 Å². The molecule has 170 valence electrons. The number of carbonyl (C=O) groups excluding carboxylic acids is 2. The Bertz CT molecular complexity index is 827. The van der Waals surface area contributed by atoms with E-state index in [4.69, 9.17) is 9.72 Å². The van der Waals surface area contributed by atoms with Crippen molar-refractivity contribution in [2.75, 3.05) is 13.1 Å². The fraction of sp³-hybridized carbons (Fsp3) is 0.652. The van der Waals surface area contributed by atoms with Crippen molar-refractivity contribution >= 4 is 18.0 Å². The molecule has 8 heteroatoms. The molecule has 2 aliphatic rings. The van der Waals surface area contributed by atoms with Crippen LogP contribution < -0.4 is 5.32 Å². The van der Waals surface area contributed by atoms with Crippen molar-refractivity contribution in [3.63, 3.8) is 0 Å². The number of nitrogens with zero attached hydrogens (tertiary/aromatic N) is 2. The Balaban J connectivity index is 1.41. The fourth-order valence-electron chi connectivity index (χ4n) is 4.03. The molecule has 3 rings (SSSR count). The number of hydrogen-bond acceptors (Lipinski definition) is 5. The van der Waals surface area contributed by atoms with Gasteiger partial charge < -0.3 is 20.1 Å². The second-order valence-corrected chi connectivity index (χ2v) is 9.56. The van der Waals surface area contributed by atoms with Crippen LogP contribution in [0.3, 0.4) is 0 Å². The third-order valence-electron chi connectivity index (χ3n) is 5.72. The Morgan fingerprint density at radius 2 is 1.94 bits per heavy atom. The maximum Gasteiger partial charge on any atom is 0.408 e. The predicted octanol–water partition coefficient (Wildman–Crippen LogP) is 2.72. The Kier molecular flexibility index (Phi) is 7.18. The minimum absolute atomic E-state index is 0.272. The van der Waals surface area contributed by atoms with Gasteiger partial charge in [0, 0.05) is 24.5 Å². The van der Waals surface area contributed by atoms with E-state index >= 15 is 0 Å². The Labute approximate surface area is 183 Å². The summed E-state index contributed by atoms with van der Waals surface area (Å²) in [5.41, 5.74) is 2.99. The van der Waals surface area contributed by atoms with E-state index in [2.05, 4.69) is 17.4 Å². The van der Waals surface area contributed by atoms with E-state index in [1.54, 1.807) is 25.7 Å². The number of aliphatic carboxylic acids is 1. The van der Waals surface area contributed by atoms with Crippen LogP contribution in [0.25, 0.3) is 0 Å². The van der Waals surface area contributed by atoms with Crippen LogP contribution in [0.2, 0.25) is 0 Å². The van der Waals surface area contributed by atoms with Crippen LogP contribution >= 0.6 is 0 Å². The van der Waals surface area contributed by atoms with Crippen molar-refractivity contribution in [3.05, 3.63) is 29.1 Å². The summed E-state index contributed by atoms with van der Waals surface area (Å²) in [5.74, 6) is -1.13. The monoisotopic (exact) mass is 431 g/mol. The number of aromatic nitrogens is 1. The molecule has 1 aromatic heterocycles. The summed E-state index contributed by atoms with van der Waals surface area (Å²) in [5, 5.41) is 11.6. The van der Waals surface area contributed by atoms with E-state index in [0.717, 1.165) is 31.4 Å². The van der Waals surface area contributed by atoms with Gasteiger partial charge in [-0.15, -0.1) is 0 Å². The number of fused-ring (bicyclic) bond motifs is 1. The number of pyridine rings is 1. The van der Waals surface area contributed by atoms with Gasteiger partial charge >= 0.3 is 12.1 Å². The second kappa shape index (κ2) is 9.66. The predicted molar refractivity (Wildman–Crippen MR) is 115 cm³/mol. The molecule has 2 heterocycles. The highest BCUT2D eigenvalue weighted by atomic mass is 16.6. The van der Waals surface area contributed by atoms with E-state index in [9.17, 15) is 19.5 Å². The van der Waals surface area contributed by atoms with Gasteiger partial charge in [0.05, 0.1) is 6.42 Å². The first-order chi connectivity index (χ1) is 14.6. The van der Waals surface area contributed by atoms with Crippen molar-refractivity contribution in [3.8, 4) is 0 Å². The van der Waals surface area contributed by atoms with E-state index < -0.39 is 23.7 Å². The van der Waals surface area contributed by atoms with Gasteiger partial charge in [0.15, 0.2) is 0 Å². The van der Waals surface area contributed by atoms with E-state index in [-0.39, 0.29) is 12.3 Å². The van der Waals surface area contributed by atoms with Gasteiger partial charge in [-0.2, -0.15) is 0 Å². The summed E-state index contributed by atoms with van der Waals surface area (Å²) in [6.45, 7) is 6.29. The number of nitrogens with one attached hydrogen (secondary N) is 1. The van der Waals surface area contributed by atoms with Crippen LogP contribution in [-0.2, 0) is 33.6 Å². The molecule has 1 fully saturated rings. The molecule has 1 aliphatic heterocycles. The van der Waals surface area contributed by atoms with Gasteiger partial charge in [0.25, 0.3) is 0 Å².